The number of thiazole rings is 1. The number of halogens is 3. The van der Waals surface area contributed by atoms with Crippen molar-refractivity contribution in [3.05, 3.63) is 62.2 Å². The number of aromatic nitrogens is 1. The van der Waals surface area contributed by atoms with Crippen LogP contribution in [0, 0.1) is 6.92 Å². The molecule has 0 bridgehead atoms. The first-order valence-corrected chi connectivity index (χ1v) is 11.4. The van der Waals surface area contributed by atoms with E-state index in [4.69, 9.17) is 23.2 Å². The highest BCUT2D eigenvalue weighted by atomic mass is 79.9. The molecule has 0 saturated carbocycles. The standard InChI is InChI=1S/C19H19Cl2N3O2S2.BrH/c1-12-9-14(6-8-15(12)20)22-19-24(4)17(11-27-19)13-5-7-16(21)18(10-13)28(25,26)23(2)3;/h5-11H,1-4H3;1H. The Morgan fingerprint density at radius 2 is 1.72 bits per heavy atom. The van der Waals surface area contributed by atoms with Gasteiger partial charge in [0, 0.05) is 37.1 Å². The largest absolute Gasteiger partial charge is 0.320 e. The summed E-state index contributed by atoms with van der Waals surface area (Å²) in [6, 6.07) is 10.6. The average molecular weight is 537 g/mol. The fourth-order valence-corrected chi connectivity index (χ4v) is 5.04. The van der Waals surface area contributed by atoms with Crippen LogP contribution in [-0.2, 0) is 17.1 Å². The summed E-state index contributed by atoms with van der Waals surface area (Å²) in [7, 11) is 1.21. The zero-order valence-electron chi connectivity index (χ0n) is 16.2. The van der Waals surface area contributed by atoms with Crippen molar-refractivity contribution >= 4 is 67.2 Å². The second-order valence-corrected chi connectivity index (χ2v) is 10.2. The monoisotopic (exact) mass is 535 g/mol. The van der Waals surface area contributed by atoms with Gasteiger partial charge in [0.2, 0.25) is 10.0 Å². The summed E-state index contributed by atoms with van der Waals surface area (Å²) in [5.74, 6) is 0. The first-order chi connectivity index (χ1) is 13.1. The second kappa shape index (κ2) is 9.32. The number of hydrogen-bond donors (Lipinski definition) is 0. The molecule has 0 spiro atoms. The summed E-state index contributed by atoms with van der Waals surface area (Å²) < 4.78 is 28.1. The maximum Gasteiger partial charge on any atom is 0.244 e. The van der Waals surface area contributed by atoms with E-state index < -0.39 is 10.0 Å². The molecule has 0 fully saturated rings. The molecule has 0 unspecified atom stereocenters. The summed E-state index contributed by atoms with van der Waals surface area (Å²) >= 11 is 13.7. The van der Waals surface area contributed by atoms with Gasteiger partial charge in [-0.3, -0.25) is 0 Å². The van der Waals surface area contributed by atoms with E-state index in [1.165, 1.54) is 25.4 Å². The zero-order chi connectivity index (χ0) is 20.6. The van der Waals surface area contributed by atoms with Crippen LogP contribution in [0.4, 0.5) is 5.69 Å². The maximum atomic E-state index is 12.5. The van der Waals surface area contributed by atoms with E-state index in [1.807, 2.05) is 42.1 Å². The molecule has 0 saturated heterocycles. The molecule has 0 aliphatic heterocycles. The van der Waals surface area contributed by atoms with Gasteiger partial charge in [-0.25, -0.2) is 17.7 Å². The minimum Gasteiger partial charge on any atom is -0.320 e. The van der Waals surface area contributed by atoms with Gasteiger partial charge in [-0.05, 0) is 42.8 Å². The number of hydrogen-bond acceptors (Lipinski definition) is 4. The third-order valence-corrected chi connectivity index (χ3v) is 7.91. The van der Waals surface area contributed by atoms with Crippen molar-refractivity contribution in [3.63, 3.8) is 0 Å². The van der Waals surface area contributed by atoms with E-state index in [-0.39, 0.29) is 26.9 Å². The predicted octanol–water partition coefficient (Wildman–Crippen LogP) is 5.43. The molecule has 156 valence electrons. The smallest absolute Gasteiger partial charge is 0.244 e. The van der Waals surface area contributed by atoms with Crippen LogP contribution in [0.3, 0.4) is 0 Å². The van der Waals surface area contributed by atoms with Gasteiger partial charge in [0.25, 0.3) is 0 Å². The Bertz CT molecular complexity index is 1220. The summed E-state index contributed by atoms with van der Waals surface area (Å²) in [5.41, 5.74) is 3.36. The van der Waals surface area contributed by atoms with Gasteiger partial charge in [-0.1, -0.05) is 29.3 Å². The van der Waals surface area contributed by atoms with Gasteiger partial charge in [-0.2, -0.15) is 0 Å². The molecule has 2 aromatic carbocycles. The highest BCUT2D eigenvalue weighted by Crippen LogP contribution is 2.30. The number of aryl methyl sites for hydroxylation is 1. The average Bonchev–Trinajstić information content (AvgIpc) is 2.99. The van der Waals surface area contributed by atoms with Gasteiger partial charge in [0.05, 0.1) is 16.4 Å². The highest BCUT2D eigenvalue weighted by Gasteiger charge is 2.22. The molecular weight excluding hydrogens is 517 g/mol. The fourth-order valence-electron chi connectivity index (χ4n) is 2.60. The van der Waals surface area contributed by atoms with Crippen molar-refractivity contribution in [2.45, 2.75) is 11.8 Å². The Kier molecular flexibility index (Phi) is 7.75. The summed E-state index contributed by atoms with van der Waals surface area (Å²) in [6.45, 7) is 1.93. The van der Waals surface area contributed by atoms with E-state index in [9.17, 15) is 8.42 Å². The molecular formula is C19H20BrCl2N3O2S2. The van der Waals surface area contributed by atoms with Crippen LogP contribution in [0.15, 0.2) is 51.7 Å². The van der Waals surface area contributed by atoms with E-state index in [1.54, 1.807) is 18.2 Å². The molecule has 1 heterocycles. The SMILES string of the molecule is Br.Cc1cc(N=c2scc(-c3ccc(Cl)c(S(=O)(=O)N(C)C)c3)n2C)ccc1Cl. The first-order valence-electron chi connectivity index (χ1n) is 8.29. The summed E-state index contributed by atoms with van der Waals surface area (Å²) in [5, 5.41) is 2.83. The lowest BCUT2D eigenvalue weighted by molar-refractivity contribution is 0.521. The Morgan fingerprint density at radius 3 is 2.34 bits per heavy atom. The number of sulfonamides is 1. The molecule has 1 aromatic heterocycles. The van der Waals surface area contributed by atoms with Gasteiger partial charge in [0.1, 0.15) is 4.90 Å². The predicted molar refractivity (Wildman–Crippen MR) is 126 cm³/mol. The lowest BCUT2D eigenvalue weighted by Gasteiger charge is -2.14. The fraction of sp³-hybridized carbons (Fsp3) is 0.211. The minimum atomic E-state index is -3.64. The topological polar surface area (TPSA) is 54.7 Å². The van der Waals surface area contributed by atoms with Crippen molar-refractivity contribution in [1.29, 1.82) is 0 Å². The Hall–Kier alpha value is -1.16. The van der Waals surface area contributed by atoms with Crippen LogP contribution in [0.25, 0.3) is 11.3 Å². The van der Waals surface area contributed by atoms with Gasteiger partial charge in [-0.15, -0.1) is 28.3 Å². The molecule has 0 N–H and O–H groups in total. The van der Waals surface area contributed by atoms with Crippen molar-refractivity contribution in [2.24, 2.45) is 12.0 Å². The number of rotatable bonds is 4. The maximum absolute atomic E-state index is 12.5. The quantitative estimate of drug-likeness (QED) is 0.446. The third-order valence-electron chi connectivity index (χ3n) is 4.28. The molecule has 0 aliphatic carbocycles. The number of benzene rings is 2. The van der Waals surface area contributed by atoms with Crippen LogP contribution < -0.4 is 4.80 Å². The minimum absolute atomic E-state index is 0. The molecule has 0 aliphatic rings. The van der Waals surface area contributed by atoms with Gasteiger partial charge >= 0.3 is 0 Å². The van der Waals surface area contributed by atoms with E-state index in [0.29, 0.717) is 5.02 Å². The molecule has 3 rings (SSSR count). The summed E-state index contributed by atoms with van der Waals surface area (Å²) in [4.78, 5) is 5.54. The van der Waals surface area contributed by atoms with Crippen molar-refractivity contribution in [1.82, 2.24) is 8.87 Å². The van der Waals surface area contributed by atoms with Crippen molar-refractivity contribution < 1.29 is 8.42 Å². The Morgan fingerprint density at radius 1 is 1.07 bits per heavy atom. The third kappa shape index (κ3) is 4.95. The van der Waals surface area contributed by atoms with Crippen LogP contribution in [0.1, 0.15) is 5.56 Å². The van der Waals surface area contributed by atoms with E-state index >= 15 is 0 Å². The van der Waals surface area contributed by atoms with Crippen molar-refractivity contribution in [3.8, 4) is 11.3 Å². The van der Waals surface area contributed by atoms with Crippen molar-refractivity contribution in [2.75, 3.05) is 14.1 Å². The first kappa shape index (κ1) is 24.1. The lowest BCUT2D eigenvalue weighted by Crippen LogP contribution is -2.22. The molecule has 29 heavy (non-hydrogen) atoms. The molecule has 0 radical (unpaired) electrons. The van der Waals surface area contributed by atoms with Gasteiger partial charge < -0.3 is 4.57 Å². The van der Waals surface area contributed by atoms with Crippen LogP contribution in [0.2, 0.25) is 10.0 Å². The molecule has 0 atom stereocenters. The normalized spacial score (nSPS) is 12.3. The highest BCUT2D eigenvalue weighted by molar-refractivity contribution is 8.93. The Labute approximate surface area is 195 Å². The molecule has 10 heteroatoms. The van der Waals surface area contributed by atoms with Crippen LogP contribution in [-0.4, -0.2) is 31.4 Å². The summed E-state index contributed by atoms with van der Waals surface area (Å²) in [6.07, 6.45) is 0. The van der Waals surface area contributed by atoms with Crippen LogP contribution >= 0.6 is 51.5 Å². The van der Waals surface area contributed by atoms with E-state index in [2.05, 4.69) is 4.99 Å². The molecule has 5 nitrogen and oxygen atoms in total. The molecule has 0 amide bonds. The number of nitrogens with zero attached hydrogens (tertiary/aromatic N) is 3. The Balaban J connectivity index is 0.00000300. The van der Waals surface area contributed by atoms with E-state index in [0.717, 1.165) is 31.6 Å². The van der Waals surface area contributed by atoms with Crippen LogP contribution in [0.5, 0.6) is 0 Å². The zero-order valence-corrected chi connectivity index (χ0v) is 21.0. The lowest BCUT2D eigenvalue weighted by atomic mass is 10.2. The second-order valence-electron chi connectivity index (χ2n) is 6.44. The molecule has 3 aromatic rings. The van der Waals surface area contributed by atoms with Gasteiger partial charge in [0.15, 0.2) is 4.80 Å².